The average Bonchev–Trinajstić information content (AvgIpc) is 4.07. The first kappa shape index (κ1) is 33.3. The molecule has 5 fully saturated rings. The highest BCUT2D eigenvalue weighted by molar-refractivity contribution is 5.70. The molecule has 2 heterocycles. The van der Waals surface area contributed by atoms with Gasteiger partial charge in [0, 0.05) is 17.7 Å². The summed E-state index contributed by atoms with van der Waals surface area (Å²) in [5.74, 6) is 3.09. The van der Waals surface area contributed by atoms with Crippen molar-refractivity contribution in [3.8, 4) is 23.0 Å². The number of ether oxygens (including phenoxy) is 4. The van der Waals surface area contributed by atoms with Crippen LogP contribution in [0, 0.1) is 23.7 Å². The van der Waals surface area contributed by atoms with Crippen LogP contribution in [0.4, 0.5) is 4.79 Å². The highest BCUT2D eigenvalue weighted by Crippen LogP contribution is 2.69. The van der Waals surface area contributed by atoms with Crippen LogP contribution < -0.4 is 19.7 Å². The number of nitrogens with one attached hydrogen (secondary N) is 1. The molecule has 2 aliphatic heterocycles. The number of phenols is 1. The summed E-state index contributed by atoms with van der Waals surface area (Å²) in [6, 6.07) is 7.53. The van der Waals surface area contributed by atoms with Crippen molar-refractivity contribution in [2.45, 2.75) is 156 Å². The normalized spacial score (nSPS) is 40.8. The van der Waals surface area contributed by atoms with Gasteiger partial charge in [0.1, 0.15) is 23.9 Å². The van der Waals surface area contributed by atoms with Gasteiger partial charge in [0.2, 0.25) is 0 Å². The minimum Gasteiger partial charge on any atom is -0.504 e. The van der Waals surface area contributed by atoms with Gasteiger partial charge in [-0.2, -0.15) is 0 Å². The Labute approximate surface area is 310 Å². The zero-order valence-electron chi connectivity index (χ0n) is 30.7. The van der Waals surface area contributed by atoms with E-state index in [9.17, 15) is 20.1 Å². The van der Waals surface area contributed by atoms with Crippen LogP contribution in [0.2, 0.25) is 0 Å². The predicted octanol–water partition coefficient (Wildman–Crippen LogP) is 6.45. The van der Waals surface area contributed by atoms with E-state index in [2.05, 4.69) is 11.5 Å². The fraction of sp³-hybridized carbons (Fsp3) is 0.698. The Morgan fingerprint density at radius 2 is 1.68 bits per heavy atom. The third-order valence-corrected chi connectivity index (χ3v) is 15.9. The number of rotatable bonds is 10. The largest absolute Gasteiger partial charge is 0.514 e. The highest BCUT2D eigenvalue weighted by atomic mass is 16.7. The lowest BCUT2D eigenvalue weighted by molar-refractivity contribution is -0.249. The van der Waals surface area contributed by atoms with Crippen LogP contribution in [-0.4, -0.2) is 63.6 Å². The molecule has 53 heavy (non-hydrogen) atoms. The van der Waals surface area contributed by atoms with E-state index in [1.165, 1.54) is 37.7 Å². The molecule has 4 N–H and O–H groups in total. The Morgan fingerprint density at radius 1 is 0.887 bits per heavy atom. The van der Waals surface area contributed by atoms with E-state index in [1.807, 2.05) is 19.1 Å². The number of aliphatic hydroxyl groups is 2. The van der Waals surface area contributed by atoms with Gasteiger partial charge in [-0.15, -0.1) is 0 Å². The van der Waals surface area contributed by atoms with Gasteiger partial charge in [-0.3, -0.25) is 4.84 Å². The van der Waals surface area contributed by atoms with E-state index in [1.54, 1.807) is 6.07 Å². The molecule has 2 bridgehead atoms. The summed E-state index contributed by atoms with van der Waals surface area (Å²) in [6.07, 6.45) is 11.6. The molecular formula is C43H53NO9. The number of carbonyl (C=O) groups excluding carboxylic acids is 1. The first-order chi connectivity index (χ1) is 25.7. The third-order valence-electron chi connectivity index (χ3n) is 15.9. The van der Waals surface area contributed by atoms with E-state index in [-0.39, 0.29) is 17.4 Å². The zero-order valence-corrected chi connectivity index (χ0v) is 30.7. The van der Waals surface area contributed by atoms with Crippen molar-refractivity contribution >= 4 is 6.16 Å². The quantitative estimate of drug-likeness (QED) is 0.123. The van der Waals surface area contributed by atoms with Gasteiger partial charge < -0.3 is 34.3 Å². The smallest absolute Gasteiger partial charge is 0.504 e. The molecular weight excluding hydrogens is 674 g/mol. The highest BCUT2D eigenvalue weighted by Gasteiger charge is 2.73. The topological polar surface area (TPSA) is 136 Å². The summed E-state index contributed by atoms with van der Waals surface area (Å²) in [7, 11) is 0. The molecule has 2 unspecified atom stereocenters. The Bertz CT molecular complexity index is 1860. The summed E-state index contributed by atoms with van der Waals surface area (Å²) in [5, 5.41) is 35.2. The van der Waals surface area contributed by atoms with E-state index >= 15 is 0 Å². The fourth-order valence-electron chi connectivity index (χ4n) is 13.1. The lowest BCUT2D eigenvalue weighted by Gasteiger charge is -2.62. The number of phenolic OH excluding ortho intramolecular Hbond substituents is 1. The van der Waals surface area contributed by atoms with Gasteiger partial charge in [-0.25, -0.2) is 10.3 Å². The SMILES string of the molecule is C[C@]12c3c4ccc(O)c3O[C@H]1[C@H](OC(=O)Oc1ccc3c5c1O[C@H]1[C@H](O)CC[C@@]6(ONCC7CC7)[C@H](CCCC516)C3)CC[C@@]2(O)C(CCCC1CC1)C4. The van der Waals surface area contributed by atoms with Crippen molar-refractivity contribution in [2.24, 2.45) is 23.7 Å². The first-order valence-electron chi connectivity index (χ1n) is 20.7. The van der Waals surface area contributed by atoms with Gasteiger partial charge in [0.15, 0.2) is 23.0 Å². The van der Waals surface area contributed by atoms with Gasteiger partial charge in [-0.05, 0) is 124 Å². The summed E-state index contributed by atoms with van der Waals surface area (Å²) >= 11 is 0. The molecule has 9 aliphatic rings. The molecule has 10 heteroatoms. The molecule has 0 amide bonds. The average molecular weight is 728 g/mol. The van der Waals surface area contributed by atoms with Gasteiger partial charge in [0.05, 0.1) is 22.5 Å². The first-order valence-corrected chi connectivity index (χ1v) is 20.7. The van der Waals surface area contributed by atoms with Crippen LogP contribution in [-0.2, 0) is 33.2 Å². The monoisotopic (exact) mass is 727 g/mol. The molecule has 5 saturated carbocycles. The van der Waals surface area contributed by atoms with E-state index in [4.69, 9.17) is 23.8 Å². The molecule has 0 aromatic heterocycles. The standard InChI is InChI=1S/C43H53NO9/c1-40-33-25-11-13-29(45)35(33)51-38(40)32(16-18-42(40,48)27(20-25)5-2-4-23-7-8-23)50-39(47)49-31-14-12-26-21-28-6-3-17-41-34(26)36(31)52-37(41)30(46)15-19-43(28,41)53-44-22-24-9-10-24/h11-14,23-24,27-28,30,32,37-38,44-46,48H,2-10,15-22H2,1H3/t27?,28-,30-,32-,37+,38+,40+,41?,42-,43-/m1/s1. The van der Waals surface area contributed by atoms with Crippen molar-refractivity contribution in [2.75, 3.05) is 6.54 Å². The number of hydroxylamine groups is 1. The third kappa shape index (κ3) is 4.49. The van der Waals surface area contributed by atoms with Gasteiger partial charge >= 0.3 is 6.16 Å². The van der Waals surface area contributed by atoms with Crippen LogP contribution in [0.25, 0.3) is 0 Å². The van der Waals surface area contributed by atoms with Crippen LogP contribution in [0.1, 0.15) is 119 Å². The van der Waals surface area contributed by atoms with E-state index in [0.717, 1.165) is 80.5 Å². The molecule has 0 radical (unpaired) electrons. The number of hydrogen-bond acceptors (Lipinski definition) is 10. The van der Waals surface area contributed by atoms with E-state index in [0.29, 0.717) is 42.6 Å². The lowest BCUT2D eigenvalue weighted by atomic mass is 9.45. The van der Waals surface area contributed by atoms with Crippen molar-refractivity contribution in [3.05, 3.63) is 46.5 Å². The second kappa shape index (κ2) is 11.5. The number of hydrogen-bond donors (Lipinski definition) is 4. The maximum Gasteiger partial charge on any atom is 0.514 e. The second-order valence-corrected chi connectivity index (χ2v) is 18.6. The number of aromatic hydroxyl groups is 1. The van der Waals surface area contributed by atoms with Gasteiger partial charge in [-0.1, -0.05) is 44.2 Å². The van der Waals surface area contributed by atoms with Crippen LogP contribution in [0.15, 0.2) is 24.3 Å². The van der Waals surface area contributed by atoms with Crippen molar-refractivity contribution in [1.29, 1.82) is 0 Å². The number of aliphatic hydroxyl groups excluding tert-OH is 1. The van der Waals surface area contributed by atoms with Crippen LogP contribution in [0.3, 0.4) is 0 Å². The molecule has 2 aromatic carbocycles. The summed E-state index contributed by atoms with van der Waals surface area (Å²) in [6.45, 7) is 2.87. The molecule has 10 nitrogen and oxygen atoms in total. The number of carbonyl (C=O) groups is 1. The summed E-state index contributed by atoms with van der Waals surface area (Å²) in [4.78, 5) is 20.8. The molecule has 2 aromatic rings. The van der Waals surface area contributed by atoms with Crippen LogP contribution >= 0.6 is 0 Å². The fourth-order valence-corrected chi connectivity index (χ4v) is 13.1. The molecule has 284 valence electrons. The maximum absolute atomic E-state index is 13.9. The minimum atomic E-state index is -1.06. The van der Waals surface area contributed by atoms with E-state index < -0.39 is 52.6 Å². The Hall–Kier alpha value is -3.05. The Morgan fingerprint density at radius 3 is 2.51 bits per heavy atom. The Balaban J connectivity index is 0.882. The molecule has 11 rings (SSSR count). The van der Waals surface area contributed by atoms with Crippen molar-refractivity contribution in [3.63, 3.8) is 0 Å². The Kier molecular flexibility index (Phi) is 7.22. The summed E-state index contributed by atoms with van der Waals surface area (Å²) in [5.41, 5.74) is 4.55. The second-order valence-electron chi connectivity index (χ2n) is 18.6. The van der Waals surface area contributed by atoms with Crippen molar-refractivity contribution in [1.82, 2.24) is 5.48 Å². The molecule has 7 aliphatic carbocycles. The number of benzene rings is 2. The van der Waals surface area contributed by atoms with Crippen molar-refractivity contribution < 1.29 is 43.9 Å². The summed E-state index contributed by atoms with van der Waals surface area (Å²) < 4.78 is 25.6. The molecule has 0 saturated heterocycles. The minimum absolute atomic E-state index is 0.0419. The maximum atomic E-state index is 13.9. The van der Waals surface area contributed by atoms with Crippen LogP contribution in [0.5, 0.6) is 23.0 Å². The molecule has 1 spiro atoms. The zero-order chi connectivity index (χ0) is 35.9. The lowest BCUT2D eigenvalue weighted by Crippen LogP contribution is -2.72. The predicted molar refractivity (Wildman–Crippen MR) is 192 cm³/mol. The molecule has 10 atom stereocenters. The van der Waals surface area contributed by atoms with Gasteiger partial charge in [0.25, 0.3) is 0 Å².